The van der Waals surface area contributed by atoms with Crippen molar-refractivity contribution >= 4 is 5.97 Å². The molecule has 0 saturated heterocycles. The summed E-state index contributed by atoms with van der Waals surface area (Å²) in [5.74, 6) is 1.17. The molecule has 1 aliphatic rings. The van der Waals surface area contributed by atoms with Crippen LogP contribution in [0.25, 0.3) is 0 Å². The molecule has 0 bridgehead atoms. The molecular weight excluding hydrogens is 164 g/mol. The van der Waals surface area contributed by atoms with E-state index in [-0.39, 0.29) is 5.97 Å². The van der Waals surface area contributed by atoms with Crippen molar-refractivity contribution in [1.82, 2.24) is 0 Å². The fraction of sp³-hybridized carbons (Fsp3) is 0.545. The molecule has 0 unspecified atom stereocenters. The van der Waals surface area contributed by atoms with Crippen molar-refractivity contribution in [1.29, 1.82) is 0 Å². The summed E-state index contributed by atoms with van der Waals surface area (Å²) in [6.45, 7) is 7.41. The first-order valence-corrected chi connectivity index (χ1v) is 4.62. The quantitative estimate of drug-likeness (QED) is 0.482. The Kier molecular flexibility index (Phi) is 3.29. The third kappa shape index (κ3) is 3.05. The van der Waals surface area contributed by atoms with Crippen molar-refractivity contribution < 1.29 is 9.53 Å². The molecule has 13 heavy (non-hydrogen) atoms. The predicted molar refractivity (Wildman–Crippen MR) is 52.0 cm³/mol. The molecule has 2 heteroatoms. The van der Waals surface area contributed by atoms with Crippen LogP contribution in [0, 0.1) is 5.92 Å². The molecule has 0 heterocycles. The van der Waals surface area contributed by atoms with Gasteiger partial charge in [0, 0.05) is 13.3 Å². The number of carbonyl (C=O) groups is 1. The number of allylic oxidation sites excluding steroid dienone is 3. The summed E-state index contributed by atoms with van der Waals surface area (Å²) in [7, 11) is 0. The molecule has 0 N–H and O–H groups in total. The van der Waals surface area contributed by atoms with Gasteiger partial charge in [0.1, 0.15) is 5.76 Å². The van der Waals surface area contributed by atoms with Gasteiger partial charge in [-0.05, 0) is 31.8 Å². The molecule has 0 amide bonds. The molecule has 0 aromatic rings. The normalized spacial score (nSPS) is 22.0. The minimum Gasteiger partial charge on any atom is -0.432 e. The average Bonchev–Trinajstić information content (AvgIpc) is 2.04. The van der Waals surface area contributed by atoms with Crippen LogP contribution in [-0.4, -0.2) is 5.97 Å². The van der Waals surface area contributed by atoms with E-state index in [2.05, 4.69) is 13.5 Å². The number of carbonyl (C=O) groups excluding carboxylic acids is 1. The molecule has 0 radical (unpaired) electrons. The summed E-state index contributed by atoms with van der Waals surface area (Å²) in [5.41, 5.74) is 1.22. The van der Waals surface area contributed by atoms with Gasteiger partial charge in [-0.25, -0.2) is 0 Å². The number of hydrogen-bond donors (Lipinski definition) is 0. The van der Waals surface area contributed by atoms with Gasteiger partial charge in [-0.1, -0.05) is 12.2 Å². The summed E-state index contributed by atoms with van der Waals surface area (Å²) in [4.78, 5) is 10.6. The first kappa shape index (κ1) is 10.0. The van der Waals surface area contributed by atoms with Crippen LogP contribution in [0.4, 0.5) is 0 Å². The number of hydrogen-bond acceptors (Lipinski definition) is 2. The molecule has 1 atom stereocenters. The SMILES string of the molecule is C=C(C)[C@@H]1CC=C(OC(C)=O)CC1. The molecule has 0 aromatic carbocycles. The molecule has 0 aliphatic heterocycles. The Morgan fingerprint density at radius 2 is 2.31 bits per heavy atom. The Morgan fingerprint density at radius 1 is 1.62 bits per heavy atom. The summed E-state index contributed by atoms with van der Waals surface area (Å²) >= 11 is 0. The molecule has 0 aromatic heterocycles. The lowest BCUT2D eigenvalue weighted by molar-refractivity contribution is -0.137. The largest absolute Gasteiger partial charge is 0.432 e. The maximum atomic E-state index is 10.6. The van der Waals surface area contributed by atoms with E-state index in [0.717, 1.165) is 25.0 Å². The minimum atomic E-state index is -0.222. The van der Waals surface area contributed by atoms with E-state index in [1.807, 2.05) is 6.08 Å². The Hall–Kier alpha value is -1.05. The highest BCUT2D eigenvalue weighted by Crippen LogP contribution is 2.28. The maximum Gasteiger partial charge on any atom is 0.307 e. The molecule has 0 saturated carbocycles. The van der Waals surface area contributed by atoms with Crippen molar-refractivity contribution in [3.05, 3.63) is 24.0 Å². The lowest BCUT2D eigenvalue weighted by Crippen LogP contribution is -2.09. The zero-order valence-corrected chi connectivity index (χ0v) is 8.30. The van der Waals surface area contributed by atoms with Gasteiger partial charge in [-0.3, -0.25) is 4.79 Å². The topological polar surface area (TPSA) is 26.3 Å². The van der Waals surface area contributed by atoms with Crippen LogP contribution in [-0.2, 0) is 9.53 Å². The highest BCUT2D eigenvalue weighted by atomic mass is 16.5. The predicted octanol–water partition coefficient (Wildman–Crippen LogP) is 2.81. The van der Waals surface area contributed by atoms with Crippen molar-refractivity contribution in [2.24, 2.45) is 5.92 Å². The molecule has 1 rings (SSSR count). The fourth-order valence-corrected chi connectivity index (χ4v) is 1.54. The molecule has 0 fully saturated rings. The molecular formula is C11H16O2. The summed E-state index contributed by atoms with van der Waals surface area (Å²) in [6.07, 6.45) is 4.87. The second-order valence-corrected chi connectivity index (χ2v) is 3.58. The zero-order chi connectivity index (χ0) is 9.84. The van der Waals surface area contributed by atoms with Crippen molar-refractivity contribution in [2.75, 3.05) is 0 Å². The molecule has 2 nitrogen and oxygen atoms in total. The monoisotopic (exact) mass is 180 g/mol. The van der Waals surface area contributed by atoms with Crippen LogP contribution in [0.5, 0.6) is 0 Å². The Bertz CT molecular complexity index is 251. The van der Waals surface area contributed by atoms with E-state index in [1.54, 1.807) is 0 Å². The lowest BCUT2D eigenvalue weighted by atomic mass is 9.88. The standard InChI is InChI=1S/C11H16O2/c1-8(2)10-4-6-11(7-5-10)13-9(3)12/h6,10H,1,4-5,7H2,2-3H3/t10-/m1/s1. The Labute approximate surface area is 79.3 Å². The second kappa shape index (κ2) is 4.26. The highest BCUT2D eigenvalue weighted by Gasteiger charge is 2.16. The first-order valence-electron chi connectivity index (χ1n) is 4.62. The van der Waals surface area contributed by atoms with Gasteiger partial charge in [0.25, 0.3) is 0 Å². The van der Waals surface area contributed by atoms with E-state index < -0.39 is 0 Å². The molecule has 0 spiro atoms. The third-order valence-corrected chi connectivity index (χ3v) is 2.34. The lowest BCUT2D eigenvalue weighted by Gasteiger charge is -2.21. The van der Waals surface area contributed by atoms with Crippen molar-refractivity contribution in [3.8, 4) is 0 Å². The van der Waals surface area contributed by atoms with E-state index in [1.165, 1.54) is 12.5 Å². The third-order valence-electron chi connectivity index (χ3n) is 2.34. The number of esters is 1. The number of ether oxygens (including phenoxy) is 1. The van der Waals surface area contributed by atoms with Crippen LogP contribution in [0.3, 0.4) is 0 Å². The Morgan fingerprint density at radius 3 is 2.69 bits per heavy atom. The fourth-order valence-electron chi connectivity index (χ4n) is 1.54. The van der Waals surface area contributed by atoms with Gasteiger partial charge >= 0.3 is 5.97 Å². The molecule has 1 aliphatic carbocycles. The Balaban J connectivity index is 2.47. The van der Waals surface area contributed by atoms with Crippen LogP contribution >= 0.6 is 0 Å². The van der Waals surface area contributed by atoms with Crippen LogP contribution in [0.2, 0.25) is 0 Å². The summed E-state index contributed by atoms with van der Waals surface area (Å²) < 4.78 is 5.01. The molecule has 72 valence electrons. The number of rotatable bonds is 2. The maximum absolute atomic E-state index is 10.6. The van der Waals surface area contributed by atoms with Crippen LogP contribution in [0.15, 0.2) is 24.0 Å². The van der Waals surface area contributed by atoms with Gasteiger partial charge in [0.2, 0.25) is 0 Å². The van der Waals surface area contributed by atoms with Gasteiger partial charge in [0.05, 0.1) is 0 Å². The van der Waals surface area contributed by atoms with E-state index in [0.29, 0.717) is 5.92 Å². The summed E-state index contributed by atoms with van der Waals surface area (Å²) in [5, 5.41) is 0. The van der Waals surface area contributed by atoms with E-state index >= 15 is 0 Å². The minimum absolute atomic E-state index is 0.222. The smallest absolute Gasteiger partial charge is 0.307 e. The highest BCUT2D eigenvalue weighted by molar-refractivity contribution is 5.67. The van der Waals surface area contributed by atoms with Crippen molar-refractivity contribution in [3.63, 3.8) is 0 Å². The van der Waals surface area contributed by atoms with Crippen LogP contribution < -0.4 is 0 Å². The zero-order valence-electron chi connectivity index (χ0n) is 8.30. The average molecular weight is 180 g/mol. The van der Waals surface area contributed by atoms with Crippen molar-refractivity contribution in [2.45, 2.75) is 33.1 Å². The first-order chi connectivity index (χ1) is 6.09. The second-order valence-electron chi connectivity index (χ2n) is 3.58. The van der Waals surface area contributed by atoms with Gasteiger partial charge in [-0.2, -0.15) is 0 Å². The van der Waals surface area contributed by atoms with Gasteiger partial charge in [-0.15, -0.1) is 0 Å². The van der Waals surface area contributed by atoms with Gasteiger partial charge in [0.15, 0.2) is 0 Å². The van der Waals surface area contributed by atoms with Gasteiger partial charge < -0.3 is 4.74 Å². The van der Waals surface area contributed by atoms with E-state index in [4.69, 9.17) is 4.74 Å². The van der Waals surface area contributed by atoms with Crippen LogP contribution in [0.1, 0.15) is 33.1 Å². The van der Waals surface area contributed by atoms with E-state index in [9.17, 15) is 4.79 Å². The summed E-state index contributed by atoms with van der Waals surface area (Å²) in [6, 6.07) is 0.